The molecule has 1 rings (SSSR count). The molecule has 0 atom stereocenters. The molecule has 0 amide bonds. The average Bonchev–Trinajstić information content (AvgIpc) is 2.28. The Bertz CT molecular complexity index is 394. The highest BCUT2D eigenvalue weighted by Crippen LogP contribution is 2.32. The van der Waals surface area contributed by atoms with E-state index >= 15 is 0 Å². The molecule has 0 N–H and O–H groups in total. The van der Waals surface area contributed by atoms with Crippen molar-refractivity contribution in [2.75, 3.05) is 7.11 Å². The summed E-state index contributed by atoms with van der Waals surface area (Å²) in [5.41, 5.74) is -0.0470. The molecule has 17 heavy (non-hydrogen) atoms. The van der Waals surface area contributed by atoms with Gasteiger partial charge in [-0.1, -0.05) is 12.2 Å². The third-order valence-electron chi connectivity index (χ3n) is 2.42. The van der Waals surface area contributed by atoms with Crippen LogP contribution in [0.25, 0.3) is 0 Å². The van der Waals surface area contributed by atoms with Crippen LogP contribution in [0.15, 0.2) is 30.4 Å². The minimum Gasteiger partial charge on any atom is -0.496 e. The highest BCUT2D eigenvalue weighted by molar-refractivity contribution is 5.38. The van der Waals surface area contributed by atoms with Gasteiger partial charge >= 0.3 is 6.18 Å². The molecule has 0 fully saturated rings. The van der Waals surface area contributed by atoms with Crippen LogP contribution in [0.4, 0.5) is 13.2 Å². The fourth-order valence-electron chi connectivity index (χ4n) is 1.56. The van der Waals surface area contributed by atoms with Gasteiger partial charge in [0.25, 0.3) is 0 Å². The highest BCUT2D eigenvalue weighted by atomic mass is 19.4. The van der Waals surface area contributed by atoms with Crippen molar-refractivity contribution in [3.63, 3.8) is 0 Å². The Morgan fingerprint density at radius 1 is 1.29 bits per heavy atom. The van der Waals surface area contributed by atoms with Gasteiger partial charge < -0.3 is 4.74 Å². The molecule has 94 valence electrons. The molecule has 1 aromatic rings. The second-order valence-corrected chi connectivity index (χ2v) is 3.63. The van der Waals surface area contributed by atoms with Gasteiger partial charge in [-0.25, -0.2) is 0 Å². The summed E-state index contributed by atoms with van der Waals surface area (Å²) in [6, 6.07) is 3.56. The Morgan fingerprint density at radius 3 is 2.53 bits per heavy atom. The maximum atomic E-state index is 12.5. The van der Waals surface area contributed by atoms with Gasteiger partial charge in [0, 0.05) is 0 Å². The van der Waals surface area contributed by atoms with Crippen LogP contribution in [0.5, 0.6) is 5.75 Å². The van der Waals surface area contributed by atoms with Gasteiger partial charge in [0.05, 0.1) is 12.7 Å². The van der Waals surface area contributed by atoms with Crippen LogP contribution in [0, 0.1) is 0 Å². The normalized spacial score (nSPS) is 12.1. The molecule has 0 aliphatic rings. The minimum absolute atomic E-state index is 0.502. The number of halogens is 3. The molecule has 0 aliphatic carbocycles. The number of hydrogen-bond acceptors (Lipinski definition) is 1. The molecule has 1 nitrogen and oxygen atoms in total. The highest BCUT2D eigenvalue weighted by Gasteiger charge is 2.30. The fourth-order valence-corrected chi connectivity index (χ4v) is 1.56. The lowest BCUT2D eigenvalue weighted by Gasteiger charge is -2.12. The maximum absolute atomic E-state index is 12.5. The van der Waals surface area contributed by atoms with Crippen molar-refractivity contribution in [1.82, 2.24) is 0 Å². The van der Waals surface area contributed by atoms with Gasteiger partial charge in [-0.2, -0.15) is 13.2 Å². The molecule has 1 aromatic carbocycles. The number of rotatable bonds is 4. The van der Waals surface area contributed by atoms with Gasteiger partial charge in [0.15, 0.2) is 0 Å². The summed E-state index contributed by atoms with van der Waals surface area (Å²) >= 11 is 0. The average molecular weight is 244 g/mol. The quantitative estimate of drug-likeness (QED) is 0.720. The summed E-state index contributed by atoms with van der Waals surface area (Å²) in [5, 5.41) is 0. The van der Waals surface area contributed by atoms with Crippen LogP contribution >= 0.6 is 0 Å². The number of benzene rings is 1. The molecule has 0 aromatic heterocycles. The molecule has 0 aliphatic heterocycles. The number of allylic oxidation sites excluding steroid dienone is 2. The van der Waals surface area contributed by atoms with Crippen molar-refractivity contribution in [2.45, 2.75) is 25.9 Å². The van der Waals surface area contributed by atoms with Crippen molar-refractivity contribution >= 4 is 0 Å². The number of hydrogen-bond donors (Lipinski definition) is 0. The predicted octanol–water partition coefficient (Wildman–Crippen LogP) is 4.22. The molecular weight excluding hydrogens is 229 g/mol. The Hall–Kier alpha value is -1.45. The largest absolute Gasteiger partial charge is 0.496 e. The summed E-state index contributed by atoms with van der Waals surface area (Å²) < 4.78 is 42.7. The van der Waals surface area contributed by atoms with E-state index in [9.17, 15) is 13.2 Å². The predicted molar refractivity (Wildman–Crippen MR) is 61.1 cm³/mol. The summed E-state index contributed by atoms with van der Waals surface area (Å²) in [7, 11) is 1.46. The molecule has 0 radical (unpaired) electrons. The third kappa shape index (κ3) is 3.80. The van der Waals surface area contributed by atoms with E-state index in [4.69, 9.17) is 4.74 Å². The summed E-state index contributed by atoms with van der Waals surface area (Å²) in [6.45, 7) is 1.88. The molecule has 4 heteroatoms. The Morgan fingerprint density at radius 2 is 2.00 bits per heavy atom. The zero-order chi connectivity index (χ0) is 12.9. The zero-order valence-corrected chi connectivity index (χ0v) is 9.84. The van der Waals surface area contributed by atoms with Crippen LogP contribution < -0.4 is 4.74 Å². The molecule has 0 spiro atoms. The molecule has 0 saturated heterocycles. The van der Waals surface area contributed by atoms with Crippen LogP contribution in [0.1, 0.15) is 24.5 Å². The minimum atomic E-state index is -4.30. The molecule has 0 unspecified atom stereocenters. The van der Waals surface area contributed by atoms with E-state index in [0.717, 1.165) is 12.1 Å². The van der Waals surface area contributed by atoms with E-state index in [1.165, 1.54) is 13.2 Å². The topological polar surface area (TPSA) is 9.23 Å². The Kier molecular flexibility index (Phi) is 4.61. The lowest BCUT2D eigenvalue weighted by atomic mass is 10.0. The fraction of sp³-hybridized carbons (Fsp3) is 0.385. The number of ether oxygens (including phenoxy) is 1. The van der Waals surface area contributed by atoms with E-state index in [1.54, 1.807) is 0 Å². The van der Waals surface area contributed by atoms with E-state index in [0.29, 0.717) is 24.2 Å². The lowest BCUT2D eigenvalue weighted by molar-refractivity contribution is -0.137. The van der Waals surface area contributed by atoms with Gasteiger partial charge in [-0.3, -0.25) is 0 Å². The van der Waals surface area contributed by atoms with Gasteiger partial charge in [0.1, 0.15) is 5.75 Å². The Labute approximate surface area is 98.9 Å². The molecule has 0 bridgehead atoms. The smallest absolute Gasteiger partial charge is 0.416 e. The molecular formula is C13H15F3O. The Balaban J connectivity index is 2.98. The first-order valence-corrected chi connectivity index (χ1v) is 5.34. The maximum Gasteiger partial charge on any atom is 0.416 e. The standard InChI is InChI=1S/C13H15F3O/c1-3-4-5-6-10-9-11(13(14,15)16)7-8-12(10)17-2/h3-4,7-9H,5-6H2,1-2H3/b4-3-. The summed E-state index contributed by atoms with van der Waals surface area (Å²) in [6.07, 6.45) is 0.729. The number of methoxy groups -OCH3 is 1. The third-order valence-corrected chi connectivity index (χ3v) is 2.42. The van der Waals surface area contributed by atoms with Crippen molar-refractivity contribution in [2.24, 2.45) is 0 Å². The molecule has 0 heterocycles. The first kappa shape index (κ1) is 13.6. The van der Waals surface area contributed by atoms with Gasteiger partial charge in [0.2, 0.25) is 0 Å². The first-order valence-electron chi connectivity index (χ1n) is 5.34. The monoisotopic (exact) mass is 244 g/mol. The summed E-state index contributed by atoms with van der Waals surface area (Å²) in [5.74, 6) is 0.502. The second kappa shape index (κ2) is 5.75. The number of alkyl halides is 3. The zero-order valence-electron chi connectivity index (χ0n) is 9.84. The van der Waals surface area contributed by atoms with Gasteiger partial charge in [-0.15, -0.1) is 0 Å². The first-order chi connectivity index (χ1) is 7.99. The van der Waals surface area contributed by atoms with Crippen molar-refractivity contribution in [3.8, 4) is 5.75 Å². The van der Waals surface area contributed by atoms with E-state index in [-0.39, 0.29) is 0 Å². The molecule has 0 saturated carbocycles. The van der Waals surface area contributed by atoms with Crippen molar-refractivity contribution in [3.05, 3.63) is 41.5 Å². The van der Waals surface area contributed by atoms with Crippen molar-refractivity contribution in [1.29, 1.82) is 0 Å². The van der Waals surface area contributed by atoms with Crippen LogP contribution in [0.3, 0.4) is 0 Å². The van der Waals surface area contributed by atoms with E-state index in [1.807, 2.05) is 19.1 Å². The second-order valence-electron chi connectivity index (χ2n) is 3.63. The van der Waals surface area contributed by atoms with E-state index in [2.05, 4.69) is 0 Å². The van der Waals surface area contributed by atoms with Crippen LogP contribution in [-0.2, 0) is 12.6 Å². The van der Waals surface area contributed by atoms with Crippen LogP contribution in [-0.4, -0.2) is 7.11 Å². The van der Waals surface area contributed by atoms with Crippen molar-refractivity contribution < 1.29 is 17.9 Å². The van der Waals surface area contributed by atoms with E-state index < -0.39 is 11.7 Å². The summed E-state index contributed by atoms with van der Waals surface area (Å²) in [4.78, 5) is 0. The van der Waals surface area contributed by atoms with Crippen LogP contribution in [0.2, 0.25) is 0 Å². The number of aryl methyl sites for hydroxylation is 1. The SMILES string of the molecule is C/C=C\CCc1cc(C(F)(F)F)ccc1OC. The lowest BCUT2D eigenvalue weighted by Crippen LogP contribution is -2.06. The van der Waals surface area contributed by atoms with Gasteiger partial charge in [-0.05, 0) is 43.5 Å².